The largest absolute Gasteiger partial charge is 0.354 e. The Kier molecular flexibility index (Phi) is 29.1. The molecule has 9 nitrogen and oxygen atoms in total. The van der Waals surface area contributed by atoms with Crippen LogP contribution in [-0.4, -0.2) is 60.4 Å². The first-order valence-electron chi connectivity index (χ1n) is 20.0. The number of aromatic nitrogens is 3. The van der Waals surface area contributed by atoms with Gasteiger partial charge in [-0.25, -0.2) is 0 Å². The first-order valence-corrected chi connectivity index (χ1v) is 20.0. The molecule has 0 aliphatic carbocycles. The van der Waals surface area contributed by atoms with E-state index in [1.165, 1.54) is 116 Å². The van der Waals surface area contributed by atoms with Crippen LogP contribution in [0, 0.1) is 0 Å². The Bertz CT molecular complexity index is 762. The van der Waals surface area contributed by atoms with Crippen molar-refractivity contribution in [2.45, 2.75) is 188 Å². The van der Waals surface area contributed by atoms with Gasteiger partial charge in [-0.15, -0.1) is 0 Å². The number of hydrogen-bond acceptors (Lipinski definition) is 9. The Morgan fingerprint density at radius 2 is 0.660 bits per heavy atom. The first kappa shape index (κ1) is 43.3. The van der Waals surface area contributed by atoms with Crippen LogP contribution in [0.15, 0.2) is 0 Å². The summed E-state index contributed by atoms with van der Waals surface area (Å²) in [7, 11) is 0. The summed E-state index contributed by atoms with van der Waals surface area (Å²) < 4.78 is 17.5. The van der Waals surface area contributed by atoms with Crippen LogP contribution in [0.3, 0.4) is 0 Å². The molecule has 0 atom stereocenters. The van der Waals surface area contributed by atoms with Crippen molar-refractivity contribution < 1.29 is 14.2 Å². The maximum Gasteiger partial charge on any atom is 0.282 e. The van der Waals surface area contributed by atoms with Crippen molar-refractivity contribution in [2.75, 3.05) is 55.4 Å². The smallest absolute Gasteiger partial charge is 0.282 e. The predicted octanol–water partition coefficient (Wildman–Crippen LogP) is 10.9. The number of hydrogen-bond donors (Lipinski definition) is 3. The molecule has 0 saturated heterocycles. The molecule has 1 heterocycles. The molecular formula is C38H76N6O3. The van der Waals surface area contributed by atoms with E-state index in [9.17, 15) is 0 Å². The van der Waals surface area contributed by atoms with E-state index < -0.39 is 5.97 Å². The maximum atomic E-state index is 5.84. The Morgan fingerprint density at radius 3 is 0.957 bits per heavy atom. The van der Waals surface area contributed by atoms with Gasteiger partial charge in [0.1, 0.15) is 0 Å². The highest BCUT2D eigenvalue weighted by molar-refractivity contribution is 5.42. The Morgan fingerprint density at radius 1 is 0.383 bits per heavy atom. The van der Waals surface area contributed by atoms with Crippen molar-refractivity contribution in [1.29, 1.82) is 0 Å². The van der Waals surface area contributed by atoms with Crippen molar-refractivity contribution in [3.63, 3.8) is 0 Å². The molecular weight excluding hydrogens is 588 g/mol. The summed E-state index contributed by atoms with van der Waals surface area (Å²) in [6.45, 7) is 15.0. The van der Waals surface area contributed by atoms with Crippen LogP contribution in [0.5, 0.6) is 0 Å². The molecule has 0 unspecified atom stereocenters. The van der Waals surface area contributed by atoms with E-state index in [1.54, 1.807) is 0 Å². The standard InChI is InChI=1S/C38H76N6O3/c1-6-11-13-15-24-28-32-39-35-42-36(40-33-29-25-16-14-12-7-2)44-37(43-35)41-34-30-26-22-20-18-17-19-21-23-27-31-38(45-8-3,46-9-4)47-10-5/h6-34H2,1-5H3,(H3,39,40,41,42,43,44). The number of rotatable bonds is 36. The number of nitrogens with zero attached hydrogens (tertiary/aromatic N) is 3. The number of unbranched alkanes of at least 4 members (excludes halogenated alkanes) is 19. The normalized spacial score (nSPS) is 11.7. The second kappa shape index (κ2) is 31.6. The van der Waals surface area contributed by atoms with Crippen LogP contribution in [0.4, 0.5) is 17.8 Å². The molecule has 47 heavy (non-hydrogen) atoms. The third-order valence-corrected chi connectivity index (χ3v) is 8.55. The van der Waals surface area contributed by atoms with E-state index in [0.717, 1.165) is 51.7 Å². The van der Waals surface area contributed by atoms with Crippen molar-refractivity contribution in [3.8, 4) is 0 Å². The molecule has 9 heteroatoms. The number of anilines is 3. The van der Waals surface area contributed by atoms with E-state index >= 15 is 0 Å². The molecule has 0 aliphatic heterocycles. The van der Waals surface area contributed by atoms with Crippen LogP contribution >= 0.6 is 0 Å². The molecule has 276 valence electrons. The molecule has 1 aromatic rings. The highest BCUT2D eigenvalue weighted by atomic mass is 16.9. The summed E-state index contributed by atoms with van der Waals surface area (Å²) in [6, 6.07) is 0. The van der Waals surface area contributed by atoms with Crippen LogP contribution in [0.1, 0.15) is 182 Å². The highest BCUT2D eigenvalue weighted by Gasteiger charge is 2.31. The molecule has 3 N–H and O–H groups in total. The van der Waals surface area contributed by atoms with Crippen molar-refractivity contribution in [1.82, 2.24) is 15.0 Å². The molecule has 1 rings (SSSR count). The van der Waals surface area contributed by atoms with Crippen LogP contribution in [0.25, 0.3) is 0 Å². The minimum atomic E-state index is -0.852. The number of nitrogens with one attached hydrogen (secondary N) is 3. The molecule has 0 aromatic carbocycles. The highest BCUT2D eigenvalue weighted by Crippen LogP contribution is 2.24. The Hall–Kier alpha value is -1.71. The fourth-order valence-electron chi connectivity index (χ4n) is 5.91. The fourth-order valence-corrected chi connectivity index (χ4v) is 5.91. The lowest BCUT2D eigenvalue weighted by Crippen LogP contribution is -2.39. The van der Waals surface area contributed by atoms with Crippen LogP contribution in [0.2, 0.25) is 0 Å². The summed E-state index contributed by atoms with van der Waals surface area (Å²) in [5, 5.41) is 10.4. The minimum Gasteiger partial charge on any atom is -0.354 e. The third-order valence-electron chi connectivity index (χ3n) is 8.55. The number of ether oxygens (including phenoxy) is 3. The zero-order valence-corrected chi connectivity index (χ0v) is 31.6. The maximum absolute atomic E-state index is 5.84. The van der Waals surface area contributed by atoms with E-state index in [0.29, 0.717) is 37.7 Å². The van der Waals surface area contributed by atoms with Gasteiger partial charge in [0.2, 0.25) is 17.8 Å². The molecule has 0 bridgehead atoms. The summed E-state index contributed by atoms with van der Waals surface area (Å²) in [5.41, 5.74) is 0. The quantitative estimate of drug-likeness (QED) is 0.0477. The summed E-state index contributed by atoms with van der Waals surface area (Å²) in [6.07, 6.45) is 28.6. The third kappa shape index (κ3) is 24.1. The first-order chi connectivity index (χ1) is 23.1. The molecule has 0 spiro atoms. The lowest BCUT2D eigenvalue weighted by Gasteiger charge is -2.32. The predicted molar refractivity (Wildman–Crippen MR) is 200 cm³/mol. The van der Waals surface area contributed by atoms with Gasteiger partial charge in [-0.1, -0.05) is 129 Å². The van der Waals surface area contributed by atoms with Crippen molar-refractivity contribution in [2.24, 2.45) is 0 Å². The topological polar surface area (TPSA) is 102 Å². The lowest BCUT2D eigenvalue weighted by molar-refractivity contribution is -0.380. The van der Waals surface area contributed by atoms with Crippen LogP contribution < -0.4 is 16.0 Å². The van der Waals surface area contributed by atoms with E-state index in [1.807, 2.05) is 20.8 Å². The summed E-state index contributed by atoms with van der Waals surface area (Å²) in [4.78, 5) is 14.0. The van der Waals surface area contributed by atoms with E-state index in [-0.39, 0.29) is 0 Å². The average molecular weight is 665 g/mol. The van der Waals surface area contributed by atoms with Gasteiger partial charge in [0.05, 0.1) is 0 Å². The van der Waals surface area contributed by atoms with Gasteiger partial charge in [0, 0.05) is 45.9 Å². The molecule has 1 aromatic heterocycles. The SMILES string of the molecule is CCCCCCCCNc1nc(NCCCCCCCC)nc(NCCCCCCCCCCCCC(OCC)(OCC)OCC)n1. The second-order valence-electron chi connectivity index (χ2n) is 12.9. The second-order valence-corrected chi connectivity index (χ2v) is 12.9. The fraction of sp³-hybridized carbons (Fsp3) is 0.921. The molecule has 0 fully saturated rings. The summed E-state index contributed by atoms with van der Waals surface area (Å²) in [5.74, 6) is 1.18. The van der Waals surface area contributed by atoms with Crippen LogP contribution in [-0.2, 0) is 14.2 Å². The van der Waals surface area contributed by atoms with Gasteiger partial charge in [0.15, 0.2) is 0 Å². The van der Waals surface area contributed by atoms with Gasteiger partial charge in [-0.3, -0.25) is 0 Å². The average Bonchev–Trinajstić information content (AvgIpc) is 3.06. The minimum absolute atomic E-state index is 0.600. The molecule has 0 aliphatic rings. The van der Waals surface area contributed by atoms with Crippen molar-refractivity contribution >= 4 is 17.8 Å². The van der Waals surface area contributed by atoms with Gasteiger partial charge in [-0.05, 0) is 46.5 Å². The molecule has 0 amide bonds. The van der Waals surface area contributed by atoms with E-state index in [2.05, 4.69) is 44.7 Å². The monoisotopic (exact) mass is 665 g/mol. The van der Waals surface area contributed by atoms with Gasteiger partial charge in [0.25, 0.3) is 5.97 Å². The summed E-state index contributed by atoms with van der Waals surface area (Å²) >= 11 is 0. The molecule has 0 saturated carbocycles. The lowest BCUT2D eigenvalue weighted by atomic mass is 10.1. The van der Waals surface area contributed by atoms with E-state index in [4.69, 9.17) is 14.2 Å². The van der Waals surface area contributed by atoms with Gasteiger partial charge >= 0.3 is 0 Å². The van der Waals surface area contributed by atoms with Gasteiger partial charge in [-0.2, -0.15) is 15.0 Å². The van der Waals surface area contributed by atoms with Crippen molar-refractivity contribution in [3.05, 3.63) is 0 Å². The molecule has 0 radical (unpaired) electrons. The zero-order valence-electron chi connectivity index (χ0n) is 31.6. The Balaban J connectivity index is 2.28. The zero-order chi connectivity index (χ0) is 34.1. The van der Waals surface area contributed by atoms with Gasteiger partial charge < -0.3 is 30.2 Å². The Labute approximate surface area is 290 Å².